The number of halogens is 1. The summed E-state index contributed by atoms with van der Waals surface area (Å²) in [6.45, 7) is 0. The van der Waals surface area contributed by atoms with E-state index in [-0.39, 0.29) is 33.0 Å². The van der Waals surface area contributed by atoms with E-state index in [9.17, 15) is 22.4 Å². The Hall–Kier alpha value is -3.52. The van der Waals surface area contributed by atoms with Crippen molar-refractivity contribution in [3.05, 3.63) is 29.6 Å². The molecule has 0 fully saturated rings. The molecule has 2 rings (SSSR count). The number of primary amides is 1. The van der Waals surface area contributed by atoms with Crippen LogP contribution in [0.25, 0.3) is 11.4 Å². The Kier molecular flexibility index (Phi) is 6.42. The van der Waals surface area contributed by atoms with Crippen molar-refractivity contribution < 1.29 is 31.9 Å². The maximum atomic E-state index is 14.4. The van der Waals surface area contributed by atoms with Crippen LogP contribution in [0.1, 0.15) is 10.4 Å². The smallest absolute Gasteiger partial charge is 0.334 e. The van der Waals surface area contributed by atoms with Crippen LogP contribution in [0.15, 0.2) is 18.2 Å². The predicted molar refractivity (Wildman–Crippen MR) is 104 cm³/mol. The standard InChI is InChI=1S/C16H19FN6O6S/c1-22(2)15(24)9-5-8(17)6-10(23(16(18)25)30(19,26)27)13(9)14-20-11(28-3)7-12(21-14)29-4/h5-7H,1-4H3,(H2,18,25)(H2,19,26,27). The zero-order valence-corrected chi connectivity index (χ0v) is 17.2. The minimum absolute atomic E-state index is 0.0170. The number of nitrogens with two attached hydrogens (primary N) is 2. The lowest BCUT2D eigenvalue weighted by molar-refractivity contribution is 0.0827. The fourth-order valence-electron chi connectivity index (χ4n) is 2.50. The quantitative estimate of drug-likeness (QED) is 0.633. The lowest BCUT2D eigenvalue weighted by Gasteiger charge is -2.23. The van der Waals surface area contributed by atoms with Crippen molar-refractivity contribution >= 4 is 27.8 Å². The molecule has 0 radical (unpaired) electrons. The third-order valence-electron chi connectivity index (χ3n) is 3.71. The molecular weight excluding hydrogens is 423 g/mol. The van der Waals surface area contributed by atoms with E-state index in [2.05, 4.69) is 9.97 Å². The van der Waals surface area contributed by atoms with Gasteiger partial charge < -0.3 is 20.1 Å². The number of benzene rings is 1. The highest BCUT2D eigenvalue weighted by atomic mass is 32.2. The van der Waals surface area contributed by atoms with Crippen molar-refractivity contribution in [2.24, 2.45) is 10.9 Å². The van der Waals surface area contributed by atoms with Gasteiger partial charge in [0.1, 0.15) is 5.82 Å². The Morgan fingerprint density at radius 2 is 1.60 bits per heavy atom. The van der Waals surface area contributed by atoms with Gasteiger partial charge in [-0.25, -0.2) is 14.3 Å². The number of hydrogen-bond donors (Lipinski definition) is 2. The van der Waals surface area contributed by atoms with E-state index in [1.54, 1.807) is 0 Å². The lowest BCUT2D eigenvalue weighted by Crippen LogP contribution is -2.45. The first-order chi connectivity index (χ1) is 13.9. The summed E-state index contributed by atoms with van der Waals surface area (Å²) in [4.78, 5) is 33.8. The van der Waals surface area contributed by atoms with Gasteiger partial charge in [-0.15, -0.1) is 0 Å². The minimum atomic E-state index is -4.81. The van der Waals surface area contributed by atoms with Gasteiger partial charge in [-0.1, -0.05) is 0 Å². The zero-order chi connectivity index (χ0) is 22.8. The number of rotatable bonds is 6. The number of anilines is 1. The molecule has 30 heavy (non-hydrogen) atoms. The molecule has 0 saturated carbocycles. The van der Waals surface area contributed by atoms with E-state index in [1.165, 1.54) is 34.4 Å². The molecular formula is C16H19FN6O6S. The molecule has 0 aliphatic rings. The third-order valence-corrected chi connectivity index (χ3v) is 4.60. The van der Waals surface area contributed by atoms with Crippen molar-refractivity contribution in [1.82, 2.24) is 14.9 Å². The van der Waals surface area contributed by atoms with Crippen LogP contribution in [0.2, 0.25) is 0 Å². The van der Waals surface area contributed by atoms with Gasteiger partial charge >= 0.3 is 16.2 Å². The Labute approximate surface area is 171 Å². The molecule has 1 aromatic heterocycles. The van der Waals surface area contributed by atoms with Crippen molar-refractivity contribution in [2.45, 2.75) is 0 Å². The summed E-state index contributed by atoms with van der Waals surface area (Å²) in [6, 6.07) is 1.26. The van der Waals surface area contributed by atoms with Crippen LogP contribution in [-0.2, 0) is 10.2 Å². The number of ether oxygens (including phenoxy) is 2. The topological polar surface area (TPSA) is 171 Å². The first-order valence-corrected chi connectivity index (χ1v) is 9.56. The van der Waals surface area contributed by atoms with Crippen LogP contribution in [0, 0.1) is 5.82 Å². The molecule has 0 unspecified atom stereocenters. The monoisotopic (exact) mass is 442 g/mol. The molecule has 0 atom stereocenters. The van der Waals surface area contributed by atoms with E-state index in [0.29, 0.717) is 6.07 Å². The summed E-state index contributed by atoms with van der Waals surface area (Å²) >= 11 is 0. The second-order valence-electron chi connectivity index (χ2n) is 5.97. The van der Waals surface area contributed by atoms with Gasteiger partial charge in [0.15, 0.2) is 5.82 Å². The lowest BCUT2D eigenvalue weighted by atomic mass is 10.0. The molecule has 0 saturated heterocycles. The number of carbonyl (C=O) groups excluding carboxylic acids is 2. The average Bonchev–Trinajstić information content (AvgIpc) is 2.64. The van der Waals surface area contributed by atoms with Gasteiger partial charge in [-0.3, -0.25) is 4.79 Å². The number of methoxy groups -OCH3 is 2. The van der Waals surface area contributed by atoms with Gasteiger partial charge in [-0.2, -0.15) is 22.7 Å². The summed E-state index contributed by atoms with van der Waals surface area (Å²) in [7, 11) is 0.548. The molecule has 2 aromatic rings. The van der Waals surface area contributed by atoms with Crippen molar-refractivity contribution in [3.8, 4) is 23.1 Å². The van der Waals surface area contributed by atoms with E-state index in [4.69, 9.17) is 20.3 Å². The SMILES string of the molecule is COc1cc(OC)nc(-c2c(C(=O)N(C)C)cc(F)cc2N(C(N)=O)S(N)(=O)=O)n1. The maximum Gasteiger partial charge on any atom is 0.334 e. The van der Waals surface area contributed by atoms with E-state index >= 15 is 0 Å². The number of urea groups is 1. The molecule has 3 amide bonds. The Balaban J connectivity index is 3.05. The van der Waals surface area contributed by atoms with Crippen LogP contribution >= 0.6 is 0 Å². The van der Waals surface area contributed by atoms with Gasteiger partial charge in [-0.05, 0) is 12.1 Å². The molecule has 1 heterocycles. The molecule has 1 aromatic carbocycles. The number of amides is 3. The summed E-state index contributed by atoms with van der Waals surface area (Å²) < 4.78 is 48.5. The van der Waals surface area contributed by atoms with Crippen LogP contribution in [0.3, 0.4) is 0 Å². The maximum absolute atomic E-state index is 14.4. The highest BCUT2D eigenvalue weighted by Gasteiger charge is 2.32. The van der Waals surface area contributed by atoms with Gasteiger partial charge in [0.05, 0.1) is 37.1 Å². The van der Waals surface area contributed by atoms with Gasteiger partial charge in [0.2, 0.25) is 11.8 Å². The van der Waals surface area contributed by atoms with E-state index in [0.717, 1.165) is 11.0 Å². The molecule has 4 N–H and O–H groups in total. The second kappa shape index (κ2) is 8.46. The van der Waals surface area contributed by atoms with Crippen LogP contribution in [0.4, 0.5) is 14.9 Å². The van der Waals surface area contributed by atoms with Crippen LogP contribution < -0.4 is 24.7 Å². The molecule has 0 aliphatic heterocycles. The molecule has 162 valence electrons. The Morgan fingerprint density at radius 1 is 1.07 bits per heavy atom. The number of aromatic nitrogens is 2. The molecule has 14 heteroatoms. The highest BCUT2D eigenvalue weighted by molar-refractivity contribution is 7.91. The zero-order valence-electron chi connectivity index (χ0n) is 16.4. The van der Waals surface area contributed by atoms with Gasteiger partial charge in [0.25, 0.3) is 5.91 Å². The second-order valence-corrected chi connectivity index (χ2v) is 7.37. The fourth-order valence-corrected chi connectivity index (χ4v) is 3.17. The molecule has 12 nitrogen and oxygen atoms in total. The van der Waals surface area contributed by atoms with E-state index in [1.807, 2.05) is 0 Å². The summed E-state index contributed by atoms with van der Waals surface area (Å²) in [5, 5.41) is 5.10. The minimum Gasteiger partial charge on any atom is -0.481 e. The largest absolute Gasteiger partial charge is 0.481 e. The summed E-state index contributed by atoms with van der Waals surface area (Å²) in [5.74, 6) is -2.12. The first-order valence-electron chi connectivity index (χ1n) is 8.05. The summed E-state index contributed by atoms with van der Waals surface area (Å²) in [6.07, 6.45) is 0. The van der Waals surface area contributed by atoms with Gasteiger partial charge in [0, 0.05) is 14.1 Å². The first kappa shape index (κ1) is 22.8. The third kappa shape index (κ3) is 4.55. The number of nitrogens with zero attached hydrogens (tertiary/aromatic N) is 4. The molecule has 0 bridgehead atoms. The van der Waals surface area contributed by atoms with Crippen molar-refractivity contribution in [3.63, 3.8) is 0 Å². The summed E-state index contributed by atoms with van der Waals surface area (Å²) in [5.41, 5.74) is 3.81. The van der Waals surface area contributed by atoms with Crippen LogP contribution in [-0.4, -0.2) is 63.5 Å². The van der Waals surface area contributed by atoms with Crippen molar-refractivity contribution in [2.75, 3.05) is 32.6 Å². The Morgan fingerprint density at radius 3 is 2.00 bits per heavy atom. The normalized spacial score (nSPS) is 11.0. The molecule has 0 aliphatic carbocycles. The predicted octanol–water partition coefficient (Wildman–Crippen LogP) is 0.0903. The average molecular weight is 442 g/mol. The van der Waals surface area contributed by atoms with Crippen molar-refractivity contribution in [1.29, 1.82) is 0 Å². The van der Waals surface area contributed by atoms with Crippen LogP contribution in [0.5, 0.6) is 11.8 Å². The number of hydrogen-bond acceptors (Lipinski definition) is 8. The Bertz CT molecular complexity index is 1090. The van der Waals surface area contributed by atoms with E-state index < -0.39 is 33.7 Å². The highest BCUT2D eigenvalue weighted by Crippen LogP contribution is 2.36. The molecule has 0 spiro atoms. The number of carbonyl (C=O) groups is 2. The fraction of sp³-hybridized carbons (Fsp3) is 0.250.